The number of hydrogen-bond acceptors (Lipinski definition) is 4. The van der Waals surface area contributed by atoms with Crippen LogP contribution in [0.5, 0.6) is 0 Å². The summed E-state index contributed by atoms with van der Waals surface area (Å²) in [5, 5.41) is 17.5. The number of rotatable bonds is 4. The first-order valence-corrected chi connectivity index (χ1v) is 7.39. The number of thiophene rings is 1. The second-order valence-corrected chi connectivity index (χ2v) is 5.67. The fourth-order valence-electron chi connectivity index (χ4n) is 2.09. The van der Waals surface area contributed by atoms with E-state index in [1.165, 1.54) is 11.3 Å². The van der Waals surface area contributed by atoms with Gasteiger partial charge in [-0.05, 0) is 36.8 Å². The van der Waals surface area contributed by atoms with Crippen molar-refractivity contribution in [1.29, 1.82) is 0 Å². The molecular weight excluding hydrogens is 264 g/mol. The Hall–Kier alpha value is -1.11. The van der Waals surface area contributed by atoms with Gasteiger partial charge in [-0.15, -0.1) is 11.3 Å². The number of hydrogen-bond donors (Lipinski definition) is 3. The van der Waals surface area contributed by atoms with E-state index in [1.54, 1.807) is 0 Å². The zero-order chi connectivity index (χ0) is 13.7. The summed E-state index contributed by atoms with van der Waals surface area (Å²) in [7, 11) is 0. The van der Waals surface area contributed by atoms with Crippen LogP contribution in [0.25, 0.3) is 0 Å². The standard InChI is InChI=1S/C13H20N2O3S/c1-9-4-7-19-12(9)11(16)8-14-13(17)15-10-2-5-18-6-3-10/h4,7,10-11,16H,2-3,5-6,8H2,1H3,(H2,14,15,17)/t11-/m1/s1. The molecule has 5 nitrogen and oxygen atoms in total. The van der Waals surface area contributed by atoms with Crippen molar-refractivity contribution >= 4 is 17.4 Å². The fourth-order valence-corrected chi connectivity index (χ4v) is 3.00. The SMILES string of the molecule is Cc1ccsc1[C@H](O)CNC(=O)NC1CCOCC1. The van der Waals surface area contributed by atoms with Crippen LogP contribution < -0.4 is 10.6 Å². The third kappa shape index (κ3) is 4.19. The Labute approximate surface area is 117 Å². The van der Waals surface area contributed by atoms with Gasteiger partial charge in [0.2, 0.25) is 0 Å². The van der Waals surface area contributed by atoms with Crippen molar-refractivity contribution in [2.45, 2.75) is 31.9 Å². The summed E-state index contributed by atoms with van der Waals surface area (Å²) in [6.45, 7) is 3.58. The number of carbonyl (C=O) groups is 1. The molecule has 0 aliphatic carbocycles. The molecular formula is C13H20N2O3S. The molecule has 2 amide bonds. The Morgan fingerprint density at radius 1 is 1.58 bits per heavy atom. The molecule has 2 heterocycles. The molecule has 1 aromatic heterocycles. The lowest BCUT2D eigenvalue weighted by Crippen LogP contribution is -2.45. The van der Waals surface area contributed by atoms with Gasteiger partial charge in [0.15, 0.2) is 0 Å². The van der Waals surface area contributed by atoms with Crippen molar-refractivity contribution in [1.82, 2.24) is 10.6 Å². The van der Waals surface area contributed by atoms with E-state index >= 15 is 0 Å². The van der Waals surface area contributed by atoms with Crippen LogP contribution in [-0.4, -0.2) is 36.9 Å². The Kier molecular flexibility index (Phi) is 5.18. The average Bonchev–Trinajstić information content (AvgIpc) is 2.83. The monoisotopic (exact) mass is 284 g/mol. The van der Waals surface area contributed by atoms with Crippen molar-refractivity contribution in [2.24, 2.45) is 0 Å². The molecule has 1 saturated heterocycles. The van der Waals surface area contributed by atoms with E-state index in [1.807, 2.05) is 18.4 Å². The Balaban J connectivity index is 1.72. The zero-order valence-corrected chi connectivity index (χ0v) is 11.8. The summed E-state index contributed by atoms with van der Waals surface area (Å²) in [6, 6.07) is 1.92. The maximum Gasteiger partial charge on any atom is 0.315 e. The first-order chi connectivity index (χ1) is 9.16. The van der Waals surface area contributed by atoms with Crippen molar-refractivity contribution in [3.63, 3.8) is 0 Å². The van der Waals surface area contributed by atoms with Crippen molar-refractivity contribution in [3.05, 3.63) is 21.9 Å². The second kappa shape index (κ2) is 6.88. The summed E-state index contributed by atoms with van der Waals surface area (Å²) in [5.41, 5.74) is 1.06. The van der Waals surface area contributed by atoms with Crippen LogP contribution >= 0.6 is 11.3 Å². The molecule has 0 saturated carbocycles. The number of nitrogens with one attached hydrogen (secondary N) is 2. The van der Waals surface area contributed by atoms with Crippen LogP contribution in [0.2, 0.25) is 0 Å². The molecule has 19 heavy (non-hydrogen) atoms. The largest absolute Gasteiger partial charge is 0.386 e. The molecule has 6 heteroatoms. The molecule has 0 aromatic carbocycles. The van der Waals surface area contributed by atoms with Gasteiger partial charge in [0.05, 0.1) is 6.54 Å². The summed E-state index contributed by atoms with van der Waals surface area (Å²) in [6.07, 6.45) is 1.06. The van der Waals surface area contributed by atoms with Crippen LogP contribution in [-0.2, 0) is 4.74 Å². The van der Waals surface area contributed by atoms with E-state index < -0.39 is 6.10 Å². The summed E-state index contributed by atoms with van der Waals surface area (Å²) < 4.78 is 5.23. The zero-order valence-electron chi connectivity index (χ0n) is 11.0. The molecule has 106 valence electrons. The van der Waals surface area contributed by atoms with Crippen molar-refractivity contribution in [3.8, 4) is 0 Å². The molecule has 1 aromatic rings. The molecule has 1 aliphatic heterocycles. The van der Waals surface area contributed by atoms with Crippen LogP contribution in [0, 0.1) is 6.92 Å². The van der Waals surface area contributed by atoms with Crippen molar-refractivity contribution in [2.75, 3.05) is 19.8 Å². The van der Waals surface area contributed by atoms with Gasteiger partial charge in [-0.1, -0.05) is 0 Å². The highest BCUT2D eigenvalue weighted by Gasteiger charge is 2.17. The summed E-state index contributed by atoms with van der Waals surface area (Å²) in [4.78, 5) is 12.6. The summed E-state index contributed by atoms with van der Waals surface area (Å²) >= 11 is 1.51. The molecule has 1 aliphatic rings. The molecule has 1 atom stereocenters. The Morgan fingerprint density at radius 3 is 2.95 bits per heavy atom. The van der Waals surface area contributed by atoms with E-state index in [0.29, 0.717) is 13.2 Å². The number of ether oxygens (including phenoxy) is 1. The van der Waals surface area contributed by atoms with Gasteiger partial charge in [0.1, 0.15) is 6.10 Å². The number of aliphatic hydroxyl groups excluding tert-OH is 1. The van der Waals surface area contributed by atoms with Gasteiger partial charge in [-0.25, -0.2) is 4.79 Å². The average molecular weight is 284 g/mol. The number of carbonyl (C=O) groups excluding carboxylic acids is 1. The minimum atomic E-state index is -0.638. The molecule has 0 bridgehead atoms. The van der Waals surface area contributed by atoms with E-state index in [9.17, 15) is 9.90 Å². The van der Waals surface area contributed by atoms with E-state index in [-0.39, 0.29) is 18.6 Å². The summed E-state index contributed by atoms with van der Waals surface area (Å²) in [5.74, 6) is 0. The van der Waals surface area contributed by atoms with Crippen LogP contribution in [0.4, 0.5) is 4.79 Å². The number of aliphatic hydroxyl groups is 1. The second-order valence-electron chi connectivity index (χ2n) is 4.72. The van der Waals surface area contributed by atoms with Gasteiger partial charge < -0.3 is 20.5 Å². The minimum absolute atomic E-state index is 0.175. The number of urea groups is 1. The van der Waals surface area contributed by atoms with Gasteiger partial charge in [0.25, 0.3) is 0 Å². The smallest absolute Gasteiger partial charge is 0.315 e. The molecule has 0 unspecified atom stereocenters. The number of aryl methyl sites for hydroxylation is 1. The third-order valence-electron chi connectivity index (χ3n) is 3.22. The molecule has 1 fully saturated rings. The van der Waals surface area contributed by atoms with Gasteiger partial charge in [-0.2, -0.15) is 0 Å². The van der Waals surface area contributed by atoms with Gasteiger partial charge in [-0.3, -0.25) is 0 Å². The van der Waals surface area contributed by atoms with Crippen LogP contribution in [0.15, 0.2) is 11.4 Å². The fraction of sp³-hybridized carbons (Fsp3) is 0.615. The Morgan fingerprint density at radius 2 is 2.32 bits per heavy atom. The van der Waals surface area contributed by atoms with Crippen LogP contribution in [0.1, 0.15) is 29.4 Å². The van der Waals surface area contributed by atoms with Crippen molar-refractivity contribution < 1.29 is 14.6 Å². The third-order valence-corrected chi connectivity index (χ3v) is 4.34. The molecule has 2 rings (SSSR count). The highest BCUT2D eigenvalue weighted by atomic mass is 32.1. The van der Waals surface area contributed by atoms with E-state index in [2.05, 4.69) is 10.6 Å². The lowest BCUT2D eigenvalue weighted by Gasteiger charge is -2.23. The predicted octanol–water partition coefficient (Wildman–Crippen LogP) is 1.57. The lowest BCUT2D eigenvalue weighted by molar-refractivity contribution is 0.0798. The molecule has 3 N–H and O–H groups in total. The highest BCUT2D eigenvalue weighted by Crippen LogP contribution is 2.23. The first-order valence-electron chi connectivity index (χ1n) is 6.51. The van der Waals surface area contributed by atoms with Crippen LogP contribution in [0.3, 0.4) is 0 Å². The normalized spacial score (nSPS) is 18.0. The number of amides is 2. The van der Waals surface area contributed by atoms with Gasteiger partial charge in [0, 0.05) is 24.1 Å². The Bertz CT molecular complexity index is 416. The maximum atomic E-state index is 11.7. The maximum absolute atomic E-state index is 11.7. The van der Waals surface area contributed by atoms with Gasteiger partial charge >= 0.3 is 6.03 Å². The first kappa shape index (κ1) is 14.3. The lowest BCUT2D eigenvalue weighted by atomic mass is 10.1. The predicted molar refractivity (Wildman–Crippen MR) is 74.4 cm³/mol. The van der Waals surface area contributed by atoms with E-state index in [0.717, 1.165) is 23.3 Å². The quantitative estimate of drug-likeness (QED) is 0.786. The molecule has 0 radical (unpaired) electrons. The highest BCUT2D eigenvalue weighted by molar-refractivity contribution is 7.10. The molecule has 0 spiro atoms. The minimum Gasteiger partial charge on any atom is -0.386 e. The van der Waals surface area contributed by atoms with E-state index in [4.69, 9.17) is 4.74 Å². The topological polar surface area (TPSA) is 70.6 Å².